The van der Waals surface area contributed by atoms with E-state index in [1.807, 2.05) is 0 Å². The topological polar surface area (TPSA) is 75.4 Å². The first-order chi connectivity index (χ1) is 11.1. The molecule has 1 atom stereocenters. The summed E-state index contributed by atoms with van der Waals surface area (Å²) in [5, 5.41) is 2.73. The van der Waals surface area contributed by atoms with Crippen LogP contribution in [0.1, 0.15) is 30.9 Å². The van der Waals surface area contributed by atoms with Crippen molar-refractivity contribution in [2.45, 2.75) is 31.5 Å². The highest BCUT2D eigenvalue weighted by molar-refractivity contribution is 5.87. The van der Waals surface area contributed by atoms with Crippen LogP contribution in [-0.2, 0) is 21.3 Å². The van der Waals surface area contributed by atoms with E-state index in [1.54, 1.807) is 4.90 Å². The normalized spacial score (nSPS) is 17.6. The molecule has 1 aliphatic rings. The van der Waals surface area contributed by atoms with Crippen molar-refractivity contribution in [3.8, 4) is 0 Å². The standard InChI is InChI=1S/C16H20F3N3O2/c1-15(14(20)24,21-10-13(23)22-7-2-3-8-22)11-5-4-6-12(9-11)16(17,18)19/h4-6,9,21H,2-3,7-8,10H2,1H3,(H2,20,24). The molecule has 1 unspecified atom stereocenters. The summed E-state index contributed by atoms with van der Waals surface area (Å²) >= 11 is 0. The maximum Gasteiger partial charge on any atom is 0.416 e. The van der Waals surface area contributed by atoms with E-state index >= 15 is 0 Å². The molecule has 0 saturated carbocycles. The van der Waals surface area contributed by atoms with Crippen molar-refractivity contribution in [2.24, 2.45) is 5.73 Å². The summed E-state index contributed by atoms with van der Waals surface area (Å²) < 4.78 is 38.6. The number of benzene rings is 1. The van der Waals surface area contributed by atoms with E-state index in [2.05, 4.69) is 5.32 Å². The Morgan fingerprint density at radius 2 is 1.79 bits per heavy atom. The predicted octanol–water partition coefficient (Wildman–Crippen LogP) is 1.62. The lowest BCUT2D eigenvalue weighted by Gasteiger charge is -2.29. The largest absolute Gasteiger partial charge is 0.416 e. The number of hydrogen-bond donors (Lipinski definition) is 2. The van der Waals surface area contributed by atoms with Gasteiger partial charge in [-0.25, -0.2) is 0 Å². The molecule has 0 bridgehead atoms. The van der Waals surface area contributed by atoms with Gasteiger partial charge in [0.05, 0.1) is 12.1 Å². The van der Waals surface area contributed by atoms with E-state index in [1.165, 1.54) is 19.1 Å². The number of nitrogens with two attached hydrogens (primary N) is 1. The van der Waals surface area contributed by atoms with Gasteiger partial charge in [0.1, 0.15) is 5.54 Å². The molecule has 132 valence electrons. The van der Waals surface area contributed by atoms with Crippen LogP contribution in [0.2, 0.25) is 0 Å². The highest BCUT2D eigenvalue weighted by atomic mass is 19.4. The molecule has 1 aromatic rings. The molecule has 3 N–H and O–H groups in total. The summed E-state index contributed by atoms with van der Waals surface area (Å²) in [6.45, 7) is 2.51. The van der Waals surface area contributed by atoms with Crippen LogP contribution >= 0.6 is 0 Å². The van der Waals surface area contributed by atoms with Crippen molar-refractivity contribution in [1.82, 2.24) is 10.2 Å². The summed E-state index contributed by atoms with van der Waals surface area (Å²) in [5.74, 6) is -1.05. The second-order valence-electron chi connectivity index (χ2n) is 6.01. The van der Waals surface area contributed by atoms with Gasteiger partial charge in [0.25, 0.3) is 0 Å². The van der Waals surface area contributed by atoms with Gasteiger partial charge in [0.15, 0.2) is 0 Å². The summed E-state index contributed by atoms with van der Waals surface area (Å²) in [5.41, 5.74) is 3.02. The van der Waals surface area contributed by atoms with Crippen LogP contribution in [0.5, 0.6) is 0 Å². The molecule has 0 aliphatic carbocycles. The van der Waals surface area contributed by atoms with Crippen LogP contribution in [0.4, 0.5) is 13.2 Å². The van der Waals surface area contributed by atoms with Gasteiger partial charge in [-0.1, -0.05) is 12.1 Å². The van der Waals surface area contributed by atoms with E-state index in [4.69, 9.17) is 5.73 Å². The highest BCUT2D eigenvalue weighted by Crippen LogP contribution is 2.32. The molecule has 0 aromatic heterocycles. The molecule has 8 heteroatoms. The van der Waals surface area contributed by atoms with Crippen molar-refractivity contribution >= 4 is 11.8 Å². The van der Waals surface area contributed by atoms with E-state index in [0.717, 1.165) is 25.0 Å². The van der Waals surface area contributed by atoms with Gasteiger partial charge in [0, 0.05) is 13.1 Å². The van der Waals surface area contributed by atoms with Crippen molar-refractivity contribution in [3.05, 3.63) is 35.4 Å². The molecule has 0 spiro atoms. The Bertz CT molecular complexity index is 627. The molecule has 5 nitrogen and oxygen atoms in total. The fraction of sp³-hybridized carbons (Fsp3) is 0.500. The van der Waals surface area contributed by atoms with Crippen LogP contribution in [-0.4, -0.2) is 36.3 Å². The van der Waals surface area contributed by atoms with Crippen LogP contribution in [0, 0.1) is 0 Å². The lowest BCUT2D eigenvalue weighted by atomic mass is 9.89. The van der Waals surface area contributed by atoms with Crippen LogP contribution in [0.3, 0.4) is 0 Å². The number of carbonyl (C=O) groups is 2. The quantitative estimate of drug-likeness (QED) is 0.853. The minimum absolute atomic E-state index is 0.0686. The molecule has 1 fully saturated rings. The Labute approximate surface area is 138 Å². The first-order valence-corrected chi connectivity index (χ1v) is 7.65. The zero-order valence-electron chi connectivity index (χ0n) is 13.3. The number of primary amides is 1. The van der Waals surface area contributed by atoms with Gasteiger partial charge in [0.2, 0.25) is 11.8 Å². The highest BCUT2D eigenvalue weighted by Gasteiger charge is 2.37. The molecule has 2 rings (SSSR count). The molecule has 0 radical (unpaired) electrons. The SMILES string of the molecule is CC(NCC(=O)N1CCCC1)(C(N)=O)c1cccc(C(F)(F)F)c1. The Hall–Kier alpha value is -2.09. The van der Waals surface area contributed by atoms with Crippen molar-refractivity contribution in [1.29, 1.82) is 0 Å². The fourth-order valence-corrected chi connectivity index (χ4v) is 2.67. The first-order valence-electron chi connectivity index (χ1n) is 7.65. The molecule has 1 saturated heterocycles. The monoisotopic (exact) mass is 343 g/mol. The summed E-state index contributed by atoms with van der Waals surface area (Å²) in [6, 6.07) is 4.38. The van der Waals surface area contributed by atoms with E-state index < -0.39 is 23.2 Å². The predicted molar refractivity (Wildman–Crippen MR) is 81.8 cm³/mol. The van der Waals surface area contributed by atoms with Crippen LogP contribution in [0.25, 0.3) is 0 Å². The number of rotatable bonds is 5. The number of alkyl halides is 3. The smallest absolute Gasteiger partial charge is 0.368 e. The van der Waals surface area contributed by atoms with Gasteiger partial charge < -0.3 is 10.6 Å². The van der Waals surface area contributed by atoms with E-state index in [9.17, 15) is 22.8 Å². The fourth-order valence-electron chi connectivity index (χ4n) is 2.67. The average Bonchev–Trinajstić information content (AvgIpc) is 3.06. The minimum atomic E-state index is -4.53. The van der Waals surface area contributed by atoms with Gasteiger partial charge in [-0.15, -0.1) is 0 Å². The molecule has 1 aromatic carbocycles. The lowest BCUT2D eigenvalue weighted by Crippen LogP contribution is -2.53. The van der Waals surface area contributed by atoms with Gasteiger partial charge in [-0.2, -0.15) is 13.2 Å². The maximum absolute atomic E-state index is 12.9. The van der Waals surface area contributed by atoms with E-state index in [-0.39, 0.29) is 18.0 Å². The van der Waals surface area contributed by atoms with Gasteiger partial charge in [-0.3, -0.25) is 14.9 Å². The Kier molecular flexibility index (Phi) is 5.17. The Morgan fingerprint density at radius 1 is 1.21 bits per heavy atom. The third kappa shape index (κ3) is 3.87. The summed E-state index contributed by atoms with van der Waals surface area (Å²) in [7, 11) is 0. The second-order valence-corrected chi connectivity index (χ2v) is 6.01. The van der Waals surface area contributed by atoms with Gasteiger partial charge in [-0.05, 0) is 37.5 Å². The number of likely N-dealkylation sites (tertiary alicyclic amines) is 1. The third-order valence-corrected chi connectivity index (χ3v) is 4.31. The van der Waals surface area contributed by atoms with Crippen LogP contribution < -0.4 is 11.1 Å². The van der Waals surface area contributed by atoms with Gasteiger partial charge >= 0.3 is 6.18 Å². The van der Waals surface area contributed by atoms with Crippen molar-refractivity contribution in [3.63, 3.8) is 0 Å². The first kappa shape index (κ1) is 18.3. The summed E-state index contributed by atoms with van der Waals surface area (Å²) in [6.07, 6.45) is -2.68. The number of nitrogens with one attached hydrogen (secondary N) is 1. The van der Waals surface area contributed by atoms with Crippen LogP contribution in [0.15, 0.2) is 24.3 Å². The van der Waals surface area contributed by atoms with Crippen molar-refractivity contribution < 1.29 is 22.8 Å². The maximum atomic E-state index is 12.9. The van der Waals surface area contributed by atoms with E-state index in [0.29, 0.717) is 13.1 Å². The second kappa shape index (κ2) is 6.80. The third-order valence-electron chi connectivity index (χ3n) is 4.31. The zero-order chi connectivity index (χ0) is 18.0. The molecular formula is C16H20F3N3O2. The molecular weight excluding hydrogens is 323 g/mol. The van der Waals surface area contributed by atoms with Crippen molar-refractivity contribution in [2.75, 3.05) is 19.6 Å². The minimum Gasteiger partial charge on any atom is -0.368 e. The molecule has 2 amide bonds. The average molecular weight is 343 g/mol. The number of nitrogens with zero attached hydrogens (tertiary/aromatic N) is 1. The Balaban J connectivity index is 2.21. The summed E-state index contributed by atoms with van der Waals surface area (Å²) in [4.78, 5) is 25.6. The molecule has 1 heterocycles. The number of amides is 2. The zero-order valence-corrected chi connectivity index (χ0v) is 13.3. The molecule has 24 heavy (non-hydrogen) atoms. The number of halogens is 3. The lowest BCUT2D eigenvalue weighted by molar-refractivity contribution is -0.138. The number of carbonyl (C=O) groups excluding carboxylic acids is 2. The Morgan fingerprint density at radius 3 is 2.33 bits per heavy atom. The number of hydrogen-bond acceptors (Lipinski definition) is 3. The molecule has 1 aliphatic heterocycles.